The van der Waals surface area contributed by atoms with Crippen molar-refractivity contribution in [2.24, 2.45) is 5.10 Å². The minimum atomic E-state index is -0.941. The average molecular weight is 546 g/mol. The SMILES string of the molecule is CCOC(=O)[C@H](C)Oc1c(C=Nn2c(-c3cc4ccccc4o3)nc3ccccc3c2=O)cc(Cl)cc1OC. The predicted octanol–water partition coefficient (Wildman–Crippen LogP) is 5.68. The molecule has 2 aromatic heterocycles. The Bertz CT molecular complexity index is 1740. The van der Waals surface area contributed by atoms with Crippen LogP contribution in [0.5, 0.6) is 11.5 Å². The minimum absolute atomic E-state index is 0.207. The Labute approximate surface area is 228 Å². The van der Waals surface area contributed by atoms with Crippen LogP contribution in [0.15, 0.2) is 81.0 Å². The number of fused-ring (bicyclic) bond motifs is 2. The summed E-state index contributed by atoms with van der Waals surface area (Å²) < 4.78 is 23.6. The van der Waals surface area contributed by atoms with Gasteiger partial charge in [-0.2, -0.15) is 9.78 Å². The number of rotatable bonds is 8. The highest BCUT2D eigenvalue weighted by Gasteiger charge is 2.22. The summed E-state index contributed by atoms with van der Waals surface area (Å²) >= 11 is 6.33. The van der Waals surface area contributed by atoms with Gasteiger partial charge in [-0.3, -0.25) is 4.79 Å². The van der Waals surface area contributed by atoms with E-state index in [1.54, 1.807) is 56.3 Å². The zero-order valence-electron chi connectivity index (χ0n) is 21.4. The largest absolute Gasteiger partial charge is 0.493 e. The third kappa shape index (κ3) is 5.21. The molecule has 0 saturated heterocycles. The fourth-order valence-corrected chi connectivity index (χ4v) is 4.27. The van der Waals surface area contributed by atoms with Gasteiger partial charge >= 0.3 is 5.97 Å². The molecule has 0 amide bonds. The third-order valence-corrected chi connectivity index (χ3v) is 6.11. The molecule has 3 aromatic carbocycles. The molecular formula is C29H24ClN3O6. The van der Waals surface area contributed by atoms with Crippen LogP contribution in [0.4, 0.5) is 0 Å². The molecule has 0 aliphatic carbocycles. The van der Waals surface area contributed by atoms with Crippen LogP contribution in [0, 0.1) is 0 Å². The summed E-state index contributed by atoms with van der Waals surface area (Å²) in [5, 5.41) is 6.06. The van der Waals surface area contributed by atoms with E-state index in [0.717, 1.165) is 10.1 Å². The van der Waals surface area contributed by atoms with E-state index >= 15 is 0 Å². The van der Waals surface area contributed by atoms with Crippen LogP contribution in [-0.4, -0.2) is 41.7 Å². The van der Waals surface area contributed by atoms with Crippen LogP contribution < -0.4 is 15.0 Å². The molecule has 5 rings (SSSR count). The van der Waals surface area contributed by atoms with Gasteiger partial charge in [-0.25, -0.2) is 9.78 Å². The van der Waals surface area contributed by atoms with Crippen LogP contribution in [0.3, 0.4) is 0 Å². The highest BCUT2D eigenvalue weighted by Crippen LogP contribution is 2.35. The Morgan fingerprint density at radius 1 is 1.15 bits per heavy atom. The first-order valence-corrected chi connectivity index (χ1v) is 12.5. The number of halogens is 1. The van der Waals surface area contributed by atoms with Gasteiger partial charge in [0.05, 0.1) is 30.8 Å². The quantitative estimate of drug-likeness (QED) is 0.182. The van der Waals surface area contributed by atoms with Crippen molar-refractivity contribution in [3.63, 3.8) is 0 Å². The maximum atomic E-state index is 13.6. The van der Waals surface area contributed by atoms with Crippen molar-refractivity contribution in [1.29, 1.82) is 0 Å². The molecule has 0 spiro atoms. The molecule has 0 fully saturated rings. The summed E-state index contributed by atoms with van der Waals surface area (Å²) in [6.07, 6.45) is 0.453. The molecule has 9 nitrogen and oxygen atoms in total. The molecule has 0 radical (unpaired) electrons. The van der Waals surface area contributed by atoms with E-state index in [1.165, 1.54) is 13.3 Å². The van der Waals surface area contributed by atoms with Gasteiger partial charge < -0.3 is 18.6 Å². The molecule has 0 saturated carbocycles. The van der Waals surface area contributed by atoms with E-state index < -0.39 is 17.6 Å². The van der Waals surface area contributed by atoms with Crippen molar-refractivity contribution in [2.75, 3.05) is 13.7 Å². The average Bonchev–Trinajstić information content (AvgIpc) is 3.37. The molecule has 2 heterocycles. The molecule has 0 N–H and O–H groups in total. The molecule has 5 aromatic rings. The van der Waals surface area contributed by atoms with Crippen molar-refractivity contribution in [3.8, 4) is 23.1 Å². The number of ether oxygens (including phenoxy) is 3. The van der Waals surface area contributed by atoms with Crippen molar-refractivity contribution in [2.45, 2.75) is 20.0 Å². The number of hydrogen-bond acceptors (Lipinski definition) is 8. The maximum absolute atomic E-state index is 13.6. The van der Waals surface area contributed by atoms with Gasteiger partial charge in [-0.05, 0) is 44.2 Å². The first-order chi connectivity index (χ1) is 18.9. The zero-order valence-corrected chi connectivity index (χ0v) is 22.1. The number of methoxy groups -OCH3 is 1. The smallest absolute Gasteiger partial charge is 0.347 e. The van der Waals surface area contributed by atoms with Crippen molar-refractivity contribution in [3.05, 3.63) is 87.7 Å². The van der Waals surface area contributed by atoms with Crippen molar-refractivity contribution < 1.29 is 23.4 Å². The van der Waals surface area contributed by atoms with Crippen LogP contribution >= 0.6 is 11.6 Å². The third-order valence-electron chi connectivity index (χ3n) is 5.89. The van der Waals surface area contributed by atoms with E-state index in [2.05, 4.69) is 5.10 Å². The van der Waals surface area contributed by atoms with Crippen LogP contribution in [-0.2, 0) is 9.53 Å². The van der Waals surface area contributed by atoms with Gasteiger partial charge in [-0.15, -0.1) is 0 Å². The lowest BCUT2D eigenvalue weighted by Crippen LogP contribution is -2.26. The van der Waals surface area contributed by atoms with Gasteiger partial charge in [0.1, 0.15) is 5.58 Å². The number of carbonyl (C=O) groups is 1. The number of esters is 1. The second kappa shape index (κ2) is 11.0. The molecule has 0 aliphatic heterocycles. The van der Waals surface area contributed by atoms with Gasteiger partial charge in [0.25, 0.3) is 5.56 Å². The number of carbonyl (C=O) groups excluding carboxylic acids is 1. The Kier molecular flexibility index (Phi) is 7.33. The summed E-state index contributed by atoms with van der Waals surface area (Å²) in [5.41, 5.74) is 1.12. The lowest BCUT2D eigenvalue weighted by molar-refractivity contribution is -0.150. The van der Waals surface area contributed by atoms with Crippen molar-refractivity contribution in [1.82, 2.24) is 9.66 Å². The molecule has 0 bridgehead atoms. The second-order valence-electron chi connectivity index (χ2n) is 8.50. The monoisotopic (exact) mass is 545 g/mol. The Morgan fingerprint density at radius 3 is 2.69 bits per heavy atom. The fraction of sp³-hybridized carbons (Fsp3) is 0.172. The number of furan rings is 1. The lowest BCUT2D eigenvalue weighted by atomic mass is 10.2. The molecule has 10 heteroatoms. The second-order valence-corrected chi connectivity index (χ2v) is 8.94. The first kappa shape index (κ1) is 26.0. The molecule has 0 unspecified atom stereocenters. The number of hydrogen-bond donors (Lipinski definition) is 0. The highest BCUT2D eigenvalue weighted by atomic mass is 35.5. The van der Waals surface area contributed by atoms with Gasteiger partial charge in [0.2, 0.25) is 5.82 Å². The van der Waals surface area contributed by atoms with E-state index in [0.29, 0.717) is 32.8 Å². The highest BCUT2D eigenvalue weighted by molar-refractivity contribution is 6.31. The number of nitrogens with zero attached hydrogens (tertiary/aromatic N) is 3. The summed E-state index contributed by atoms with van der Waals surface area (Å²) in [6, 6.07) is 19.4. The molecule has 0 aliphatic rings. The Balaban J connectivity index is 1.66. The van der Waals surface area contributed by atoms with E-state index in [-0.39, 0.29) is 23.9 Å². The number of aromatic nitrogens is 2. The molecular weight excluding hydrogens is 522 g/mol. The summed E-state index contributed by atoms with van der Waals surface area (Å²) in [7, 11) is 1.45. The van der Waals surface area contributed by atoms with Gasteiger partial charge in [-0.1, -0.05) is 41.9 Å². The summed E-state index contributed by atoms with van der Waals surface area (Å²) in [6.45, 7) is 3.48. The Hall–Kier alpha value is -4.63. The standard InChI is InChI=1S/C29H24ClN3O6/c1-4-37-29(35)17(2)38-26-19(13-20(30)15-24(26)36-3)16-31-33-27(25-14-18-9-5-8-12-23(18)39-25)32-22-11-7-6-10-21(22)28(33)34/h5-17H,4H2,1-3H3/t17-/m0/s1. The first-order valence-electron chi connectivity index (χ1n) is 12.2. The van der Waals surface area contributed by atoms with Gasteiger partial charge in [0, 0.05) is 22.0 Å². The lowest BCUT2D eigenvalue weighted by Gasteiger charge is -2.18. The predicted molar refractivity (Wildman–Crippen MR) is 149 cm³/mol. The summed E-state index contributed by atoms with van der Waals surface area (Å²) in [5.74, 6) is 0.522. The Morgan fingerprint density at radius 2 is 1.92 bits per heavy atom. The molecule has 1 atom stereocenters. The zero-order chi connectivity index (χ0) is 27.5. The maximum Gasteiger partial charge on any atom is 0.347 e. The minimum Gasteiger partial charge on any atom is -0.493 e. The van der Waals surface area contributed by atoms with Crippen molar-refractivity contribution >= 4 is 45.7 Å². The van der Waals surface area contributed by atoms with E-state index in [9.17, 15) is 9.59 Å². The summed E-state index contributed by atoms with van der Waals surface area (Å²) in [4.78, 5) is 30.5. The number of benzene rings is 3. The topological polar surface area (TPSA) is 105 Å². The fourth-order valence-electron chi connectivity index (χ4n) is 4.05. The molecule has 198 valence electrons. The normalized spacial score (nSPS) is 12.2. The van der Waals surface area contributed by atoms with Crippen LogP contribution in [0.2, 0.25) is 5.02 Å². The number of para-hydroxylation sites is 2. The van der Waals surface area contributed by atoms with Crippen LogP contribution in [0.1, 0.15) is 19.4 Å². The van der Waals surface area contributed by atoms with Crippen LogP contribution in [0.25, 0.3) is 33.5 Å². The molecule has 39 heavy (non-hydrogen) atoms. The van der Waals surface area contributed by atoms with Gasteiger partial charge in [0.15, 0.2) is 23.4 Å². The van der Waals surface area contributed by atoms with E-state index in [1.807, 2.05) is 24.3 Å². The van der Waals surface area contributed by atoms with E-state index in [4.69, 9.17) is 35.2 Å².